The van der Waals surface area contributed by atoms with Crippen LogP contribution >= 0.6 is 0 Å². The summed E-state index contributed by atoms with van der Waals surface area (Å²) >= 11 is 0. The van der Waals surface area contributed by atoms with Gasteiger partial charge in [0, 0.05) is 26.4 Å². The number of aryl methyl sites for hydroxylation is 1. The van der Waals surface area contributed by atoms with Crippen LogP contribution in [0.15, 0.2) is 18.3 Å². The lowest BCUT2D eigenvalue weighted by atomic mass is 10.3. The first-order chi connectivity index (χ1) is 13.9. The van der Waals surface area contributed by atoms with Gasteiger partial charge in [0.2, 0.25) is 5.95 Å². The molecule has 0 saturated carbocycles. The molecule has 1 amide bonds. The van der Waals surface area contributed by atoms with Crippen LogP contribution in [0.5, 0.6) is 0 Å². The van der Waals surface area contributed by atoms with Crippen LogP contribution in [-0.4, -0.2) is 57.4 Å². The number of nitrogens with one attached hydrogen (secondary N) is 1. The van der Waals surface area contributed by atoms with E-state index in [9.17, 15) is 4.79 Å². The van der Waals surface area contributed by atoms with Crippen LogP contribution in [0.3, 0.4) is 0 Å². The number of nitrogens with zero attached hydrogens (tertiary/aromatic N) is 6. The monoisotopic (exact) mass is 398 g/mol. The summed E-state index contributed by atoms with van der Waals surface area (Å²) in [4.78, 5) is 27.5. The van der Waals surface area contributed by atoms with Crippen LogP contribution in [0.25, 0.3) is 11.0 Å². The van der Waals surface area contributed by atoms with E-state index in [1.165, 1.54) is 0 Å². The van der Waals surface area contributed by atoms with Crippen LogP contribution < -0.4 is 16.0 Å². The first-order valence-electron chi connectivity index (χ1n) is 9.51. The number of carbonyl (C=O) groups is 1. The summed E-state index contributed by atoms with van der Waals surface area (Å²) in [6, 6.07) is 3.82. The van der Waals surface area contributed by atoms with E-state index in [1.807, 2.05) is 44.9 Å². The number of aromatic nitrogens is 5. The fourth-order valence-electron chi connectivity index (χ4n) is 2.82. The van der Waals surface area contributed by atoms with E-state index in [4.69, 9.17) is 10.5 Å². The Morgan fingerprint density at radius 3 is 2.79 bits per heavy atom. The number of ether oxygens (including phenoxy) is 1. The Labute approximate surface area is 169 Å². The molecule has 0 aliphatic rings. The Bertz CT molecular complexity index is 1020. The summed E-state index contributed by atoms with van der Waals surface area (Å²) in [7, 11) is 1.87. The number of pyridine rings is 1. The van der Waals surface area contributed by atoms with Gasteiger partial charge in [-0.2, -0.15) is 10.1 Å². The third-order valence-corrected chi connectivity index (χ3v) is 4.44. The molecular weight excluding hydrogens is 372 g/mol. The van der Waals surface area contributed by atoms with Crippen LogP contribution in [0.1, 0.15) is 29.9 Å². The maximum atomic E-state index is 12.0. The number of anilines is 3. The van der Waals surface area contributed by atoms with Gasteiger partial charge in [-0.05, 0) is 38.5 Å². The van der Waals surface area contributed by atoms with Crippen molar-refractivity contribution in [3.8, 4) is 0 Å². The predicted octanol–water partition coefficient (Wildman–Crippen LogP) is 1.86. The number of fused-ring (bicyclic) bond motifs is 1. The van der Waals surface area contributed by atoms with Gasteiger partial charge in [-0.3, -0.25) is 9.48 Å². The SMILES string of the molecule is CCOCCn1nc(C(N)=O)c2nc(N(C)CC)nc(Nc3cc(C)ccn3)c21. The van der Waals surface area contributed by atoms with Crippen molar-refractivity contribution in [3.63, 3.8) is 0 Å². The second-order valence-electron chi connectivity index (χ2n) is 6.56. The molecule has 0 aliphatic carbocycles. The van der Waals surface area contributed by atoms with Crippen LogP contribution in [0, 0.1) is 6.92 Å². The van der Waals surface area contributed by atoms with Crippen molar-refractivity contribution in [2.45, 2.75) is 27.3 Å². The van der Waals surface area contributed by atoms with Crippen LogP contribution in [0.4, 0.5) is 17.6 Å². The molecular formula is C19H26N8O2. The summed E-state index contributed by atoms with van der Waals surface area (Å²) in [5.41, 5.74) is 7.71. The van der Waals surface area contributed by atoms with Gasteiger partial charge < -0.3 is 20.7 Å². The molecule has 0 bridgehead atoms. The van der Waals surface area contributed by atoms with Crippen molar-refractivity contribution in [2.24, 2.45) is 5.73 Å². The van der Waals surface area contributed by atoms with Gasteiger partial charge in [-0.15, -0.1) is 0 Å². The Hall–Kier alpha value is -3.27. The van der Waals surface area contributed by atoms with Gasteiger partial charge in [-0.1, -0.05) is 0 Å². The van der Waals surface area contributed by atoms with E-state index < -0.39 is 5.91 Å². The molecule has 3 rings (SSSR count). The number of hydrogen-bond donors (Lipinski definition) is 2. The van der Waals surface area contributed by atoms with E-state index in [0.29, 0.717) is 54.9 Å². The molecule has 0 radical (unpaired) electrons. The third-order valence-electron chi connectivity index (χ3n) is 4.44. The van der Waals surface area contributed by atoms with Gasteiger partial charge in [0.05, 0.1) is 13.2 Å². The lowest BCUT2D eigenvalue weighted by Gasteiger charge is -2.17. The molecule has 10 nitrogen and oxygen atoms in total. The highest BCUT2D eigenvalue weighted by molar-refractivity contribution is 6.05. The van der Waals surface area contributed by atoms with Crippen LogP contribution in [0.2, 0.25) is 0 Å². The van der Waals surface area contributed by atoms with E-state index in [2.05, 4.69) is 25.4 Å². The first kappa shape index (κ1) is 20.5. The van der Waals surface area contributed by atoms with Crippen molar-refractivity contribution < 1.29 is 9.53 Å². The minimum Gasteiger partial charge on any atom is -0.380 e. The Morgan fingerprint density at radius 2 is 2.14 bits per heavy atom. The molecule has 0 unspecified atom stereocenters. The lowest BCUT2D eigenvalue weighted by molar-refractivity contribution is 0.0994. The average molecular weight is 398 g/mol. The molecule has 3 aromatic heterocycles. The van der Waals surface area contributed by atoms with Gasteiger partial charge in [0.1, 0.15) is 16.9 Å². The topological polar surface area (TPSA) is 124 Å². The highest BCUT2D eigenvalue weighted by Crippen LogP contribution is 2.28. The molecule has 0 spiro atoms. The highest BCUT2D eigenvalue weighted by Gasteiger charge is 2.23. The number of hydrogen-bond acceptors (Lipinski definition) is 8. The summed E-state index contributed by atoms with van der Waals surface area (Å²) in [5, 5.41) is 7.63. The number of carbonyl (C=O) groups excluding carboxylic acids is 1. The second-order valence-corrected chi connectivity index (χ2v) is 6.56. The zero-order valence-corrected chi connectivity index (χ0v) is 17.1. The number of amides is 1. The standard InChI is InChI=1S/C19H26N8O2/c1-5-26(4)19-23-14-15(17(20)28)25-27(9-10-29-6-2)16(14)18(24-19)22-13-11-12(3)7-8-21-13/h7-8,11H,5-6,9-10H2,1-4H3,(H2,20,28)(H,21,22,23,24). The van der Waals surface area contributed by atoms with Crippen molar-refractivity contribution in [2.75, 3.05) is 37.0 Å². The Balaban J connectivity index is 2.19. The zero-order chi connectivity index (χ0) is 21.0. The molecule has 10 heteroatoms. The van der Waals surface area contributed by atoms with Crippen LogP contribution in [-0.2, 0) is 11.3 Å². The average Bonchev–Trinajstić information content (AvgIpc) is 3.07. The summed E-state index contributed by atoms with van der Waals surface area (Å²) in [6.07, 6.45) is 1.72. The number of nitrogens with two attached hydrogens (primary N) is 1. The quantitative estimate of drug-likeness (QED) is 0.524. The van der Waals surface area contributed by atoms with Crippen molar-refractivity contribution >= 4 is 34.5 Å². The predicted molar refractivity (Wildman–Crippen MR) is 112 cm³/mol. The molecule has 154 valence electrons. The second kappa shape index (κ2) is 8.82. The molecule has 0 saturated heterocycles. The largest absolute Gasteiger partial charge is 0.380 e. The fraction of sp³-hybridized carbons (Fsp3) is 0.421. The minimum absolute atomic E-state index is 0.102. The van der Waals surface area contributed by atoms with E-state index in [0.717, 1.165) is 5.56 Å². The summed E-state index contributed by atoms with van der Waals surface area (Å²) < 4.78 is 7.10. The first-order valence-corrected chi connectivity index (χ1v) is 9.51. The molecule has 0 atom stereocenters. The number of primary amides is 1. The smallest absolute Gasteiger partial charge is 0.271 e. The maximum absolute atomic E-state index is 12.0. The zero-order valence-electron chi connectivity index (χ0n) is 17.1. The molecule has 3 heterocycles. The molecule has 0 fully saturated rings. The molecule has 3 aromatic rings. The molecule has 3 N–H and O–H groups in total. The van der Waals surface area contributed by atoms with Gasteiger partial charge in [0.25, 0.3) is 5.91 Å². The van der Waals surface area contributed by atoms with Gasteiger partial charge in [-0.25, -0.2) is 9.97 Å². The van der Waals surface area contributed by atoms with E-state index in [1.54, 1.807) is 10.9 Å². The summed E-state index contributed by atoms with van der Waals surface area (Å²) in [5.74, 6) is 0.948. The van der Waals surface area contributed by atoms with E-state index >= 15 is 0 Å². The minimum atomic E-state index is -0.645. The van der Waals surface area contributed by atoms with Gasteiger partial charge in [0.15, 0.2) is 11.5 Å². The fourth-order valence-corrected chi connectivity index (χ4v) is 2.82. The Kier molecular flexibility index (Phi) is 6.23. The number of rotatable bonds is 9. The van der Waals surface area contributed by atoms with Crippen molar-refractivity contribution in [3.05, 3.63) is 29.6 Å². The molecule has 29 heavy (non-hydrogen) atoms. The Morgan fingerprint density at radius 1 is 1.34 bits per heavy atom. The highest BCUT2D eigenvalue weighted by atomic mass is 16.5. The van der Waals surface area contributed by atoms with Gasteiger partial charge >= 0.3 is 0 Å². The summed E-state index contributed by atoms with van der Waals surface area (Å²) in [6.45, 7) is 8.03. The molecule has 0 aromatic carbocycles. The third kappa shape index (κ3) is 4.43. The lowest BCUT2D eigenvalue weighted by Crippen LogP contribution is -2.20. The maximum Gasteiger partial charge on any atom is 0.271 e. The normalized spacial score (nSPS) is 11.0. The van der Waals surface area contributed by atoms with E-state index in [-0.39, 0.29) is 5.69 Å². The van der Waals surface area contributed by atoms with Crippen molar-refractivity contribution in [1.82, 2.24) is 24.7 Å². The van der Waals surface area contributed by atoms with Crippen molar-refractivity contribution in [1.29, 1.82) is 0 Å². The molecule has 0 aliphatic heterocycles.